The molecule has 1 N–H and O–H groups in total. The summed E-state index contributed by atoms with van der Waals surface area (Å²) in [6.45, 7) is 9.06. The van der Waals surface area contributed by atoms with E-state index in [1.54, 1.807) is 20.0 Å². The van der Waals surface area contributed by atoms with Gasteiger partial charge in [-0.05, 0) is 31.5 Å². The first kappa shape index (κ1) is 17.7. The molecule has 0 spiro atoms. The smallest absolute Gasteiger partial charge is 0.441 e. The predicted octanol–water partition coefficient (Wildman–Crippen LogP) is 1.55. The zero-order valence-electron chi connectivity index (χ0n) is 12.2. The molecule has 0 unspecified atom stereocenters. The van der Waals surface area contributed by atoms with Crippen molar-refractivity contribution in [3.05, 3.63) is 5.53 Å². The fraction of sp³-hybridized carbons (Fsp3) is 0.750. The predicted molar refractivity (Wildman–Crippen MR) is 73.2 cm³/mol. The number of hydrogen-bond donors (Lipinski definition) is 1. The van der Waals surface area contributed by atoms with E-state index in [0.29, 0.717) is 6.42 Å². The lowest BCUT2D eigenvalue weighted by molar-refractivity contribution is -0.141. The van der Waals surface area contributed by atoms with Crippen molar-refractivity contribution in [1.82, 2.24) is 0 Å². The highest BCUT2D eigenvalue weighted by Gasteiger charge is 2.40. The Labute approximate surface area is 114 Å². The van der Waals surface area contributed by atoms with Crippen molar-refractivity contribution < 1.29 is 23.9 Å². The van der Waals surface area contributed by atoms with Crippen LogP contribution < -0.4 is 0 Å². The average Bonchev–Trinajstić information content (AvgIpc) is 2.26. The Balaban J connectivity index is 4.72. The van der Waals surface area contributed by atoms with E-state index in [2.05, 4.69) is 9.53 Å². The van der Waals surface area contributed by atoms with Crippen LogP contribution in [0.4, 0.5) is 0 Å². The molecule has 19 heavy (non-hydrogen) atoms. The molecule has 0 aliphatic heterocycles. The van der Waals surface area contributed by atoms with Crippen LogP contribution in [0.2, 0.25) is 18.1 Å². The average molecular weight is 286 g/mol. The summed E-state index contributed by atoms with van der Waals surface area (Å²) in [5.41, 5.74) is 8.12. The van der Waals surface area contributed by atoms with Gasteiger partial charge in [0.05, 0.1) is 6.61 Å². The summed E-state index contributed by atoms with van der Waals surface area (Å²) >= 11 is 0. The third kappa shape index (κ3) is 5.06. The number of nitrogens with zero attached hydrogens (tertiary/aromatic N) is 2. The summed E-state index contributed by atoms with van der Waals surface area (Å²) in [6, 6.07) is 0. The molecule has 0 aromatic heterocycles. The summed E-state index contributed by atoms with van der Waals surface area (Å²) < 4.78 is 4.62. The van der Waals surface area contributed by atoms with Crippen molar-refractivity contribution in [2.24, 2.45) is 0 Å². The third-order valence-corrected chi connectivity index (χ3v) is 7.03. The highest BCUT2D eigenvalue weighted by molar-refractivity contribution is 6.73. The standard InChI is InChI=1S/C12H22N2O4Si/c1-6-18-11(16)10(14-13)9(15)7-8-12(2,3)19(4,5)17/h17H,6-8H2,1-5H3. The van der Waals surface area contributed by atoms with Crippen LogP contribution in [0, 0.1) is 0 Å². The van der Waals surface area contributed by atoms with Crippen LogP contribution in [0.15, 0.2) is 0 Å². The Hall–Kier alpha value is -1.30. The van der Waals surface area contributed by atoms with Gasteiger partial charge < -0.3 is 15.1 Å². The second kappa shape index (κ2) is 6.74. The minimum Gasteiger partial charge on any atom is -0.457 e. The molecule has 0 aliphatic rings. The molecule has 0 amide bonds. The van der Waals surface area contributed by atoms with Gasteiger partial charge >= 0.3 is 11.7 Å². The van der Waals surface area contributed by atoms with Crippen molar-refractivity contribution in [2.45, 2.75) is 51.7 Å². The van der Waals surface area contributed by atoms with Crippen LogP contribution in [-0.4, -0.2) is 42.0 Å². The van der Waals surface area contributed by atoms with Gasteiger partial charge in [0.2, 0.25) is 0 Å². The number of ether oxygens (including phenoxy) is 1. The van der Waals surface area contributed by atoms with Gasteiger partial charge in [-0.15, -0.1) is 0 Å². The topological polar surface area (TPSA) is 100 Å². The molecule has 0 fully saturated rings. The molecule has 7 heteroatoms. The van der Waals surface area contributed by atoms with Crippen molar-refractivity contribution in [1.29, 1.82) is 0 Å². The van der Waals surface area contributed by atoms with E-state index >= 15 is 0 Å². The van der Waals surface area contributed by atoms with Crippen LogP contribution in [0.5, 0.6) is 0 Å². The monoisotopic (exact) mass is 286 g/mol. The lowest BCUT2D eigenvalue weighted by atomic mass is 10.0. The Morgan fingerprint density at radius 1 is 1.37 bits per heavy atom. The first-order chi connectivity index (χ1) is 8.56. The largest absolute Gasteiger partial charge is 0.457 e. The Morgan fingerprint density at radius 2 is 1.89 bits per heavy atom. The van der Waals surface area contributed by atoms with E-state index in [0.717, 1.165) is 0 Å². The molecule has 0 bridgehead atoms. The van der Waals surface area contributed by atoms with Gasteiger partial charge in [0.1, 0.15) is 0 Å². The zero-order valence-corrected chi connectivity index (χ0v) is 13.2. The summed E-state index contributed by atoms with van der Waals surface area (Å²) in [5, 5.41) is -0.377. The van der Waals surface area contributed by atoms with Gasteiger partial charge in [-0.1, -0.05) is 13.8 Å². The molecule has 0 saturated heterocycles. The Morgan fingerprint density at radius 3 is 2.26 bits per heavy atom. The van der Waals surface area contributed by atoms with Crippen molar-refractivity contribution in [2.75, 3.05) is 6.61 Å². The SMILES string of the molecule is CCOC(=O)C(=[N+]=[N-])C(=O)CCC(C)(C)[Si](C)(C)O. The van der Waals surface area contributed by atoms with Gasteiger partial charge in [0.15, 0.2) is 8.32 Å². The summed E-state index contributed by atoms with van der Waals surface area (Å²) in [4.78, 5) is 36.0. The molecule has 0 atom stereocenters. The van der Waals surface area contributed by atoms with E-state index in [4.69, 9.17) is 5.53 Å². The highest BCUT2D eigenvalue weighted by atomic mass is 28.4. The third-order valence-electron chi connectivity index (χ3n) is 3.47. The van der Waals surface area contributed by atoms with E-state index < -0.39 is 25.8 Å². The number of rotatable bonds is 7. The quantitative estimate of drug-likeness (QED) is 0.192. The molecule has 0 aromatic rings. The minimum absolute atomic E-state index is 0.0300. The minimum atomic E-state index is -2.41. The van der Waals surface area contributed by atoms with Gasteiger partial charge in [-0.3, -0.25) is 4.79 Å². The number of esters is 1. The summed E-state index contributed by atoms with van der Waals surface area (Å²) in [7, 11) is -2.41. The molecule has 0 heterocycles. The van der Waals surface area contributed by atoms with Crippen molar-refractivity contribution >= 4 is 25.8 Å². The zero-order chi connectivity index (χ0) is 15.3. The molecular weight excluding hydrogens is 264 g/mol. The molecule has 0 aromatic carbocycles. The Kier molecular flexibility index (Phi) is 6.28. The molecule has 0 radical (unpaired) electrons. The second-order valence-corrected chi connectivity index (χ2v) is 10.0. The molecule has 6 nitrogen and oxygen atoms in total. The van der Waals surface area contributed by atoms with Gasteiger partial charge in [0.25, 0.3) is 5.78 Å². The molecule has 0 saturated carbocycles. The van der Waals surface area contributed by atoms with E-state index in [9.17, 15) is 14.4 Å². The van der Waals surface area contributed by atoms with Crippen molar-refractivity contribution in [3.63, 3.8) is 0 Å². The first-order valence-electron chi connectivity index (χ1n) is 6.21. The van der Waals surface area contributed by atoms with Gasteiger partial charge in [0, 0.05) is 6.42 Å². The second-order valence-electron chi connectivity index (χ2n) is 5.54. The highest BCUT2D eigenvalue weighted by Crippen LogP contribution is 2.39. The van der Waals surface area contributed by atoms with Crippen LogP contribution in [0.1, 0.15) is 33.6 Å². The van der Waals surface area contributed by atoms with Crippen LogP contribution in [0.25, 0.3) is 5.53 Å². The maximum atomic E-state index is 11.8. The number of carbonyl (C=O) groups is 2. The van der Waals surface area contributed by atoms with E-state index in [1.165, 1.54) is 0 Å². The molecule has 0 rings (SSSR count). The number of Topliss-reactive ketones (excluding diaryl/α,β-unsaturated/α-hetero) is 1. The van der Waals surface area contributed by atoms with Gasteiger partial charge in [-0.2, -0.15) is 4.79 Å². The number of hydrogen-bond acceptors (Lipinski definition) is 4. The van der Waals surface area contributed by atoms with Crippen LogP contribution >= 0.6 is 0 Å². The number of ketones is 1. The maximum Gasteiger partial charge on any atom is 0.441 e. The molecular formula is C12H22N2O4Si. The molecule has 108 valence electrons. The van der Waals surface area contributed by atoms with E-state index in [1.807, 2.05) is 13.8 Å². The van der Waals surface area contributed by atoms with Crippen molar-refractivity contribution in [3.8, 4) is 0 Å². The lowest BCUT2D eigenvalue weighted by Crippen LogP contribution is -2.39. The Bertz CT molecular complexity index is 406. The fourth-order valence-corrected chi connectivity index (χ4v) is 2.00. The van der Waals surface area contributed by atoms with Crippen LogP contribution in [0.3, 0.4) is 0 Å². The van der Waals surface area contributed by atoms with Gasteiger partial charge in [-0.25, -0.2) is 4.79 Å². The maximum absolute atomic E-state index is 11.8. The summed E-state index contributed by atoms with van der Waals surface area (Å²) in [6.07, 6.45) is 0.447. The normalized spacial score (nSPS) is 11.7. The van der Waals surface area contributed by atoms with Crippen LogP contribution in [-0.2, 0) is 14.3 Å². The first-order valence-corrected chi connectivity index (χ1v) is 9.16. The lowest BCUT2D eigenvalue weighted by Gasteiger charge is -2.34. The summed E-state index contributed by atoms with van der Waals surface area (Å²) in [5.74, 6) is -1.50. The number of carbonyl (C=O) groups excluding carboxylic acids is 2. The fourth-order valence-electron chi connectivity index (χ4n) is 1.26. The molecule has 0 aliphatic carbocycles. The van der Waals surface area contributed by atoms with E-state index in [-0.39, 0.29) is 18.1 Å².